The van der Waals surface area contributed by atoms with Gasteiger partial charge in [0.05, 0.1) is 6.42 Å². The molecule has 0 aromatic carbocycles. The Kier molecular flexibility index (Phi) is 6.69. The maximum atomic E-state index is 10.0. The summed E-state index contributed by atoms with van der Waals surface area (Å²) in [4.78, 5) is 20.1. The molecule has 0 unspecified atom stereocenters. The van der Waals surface area contributed by atoms with Gasteiger partial charge in [-0.3, -0.25) is 9.59 Å². The average molecular weight is 159 g/mol. The minimum absolute atomic E-state index is 0. The van der Waals surface area contributed by atoms with E-state index in [-0.39, 0.29) is 34.5 Å². The van der Waals surface area contributed by atoms with E-state index in [9.17, 15) is 9.59 Å². The van der Waals surface area contributed by atoms with Crippen molar-refractivity contribution in [2.45, 2.75) is 20.3 Å². The molecule has 0 aliphatic heterocycles. The Balaban J connectivity index is 0. The molecule has 0 bridgehead atoms. The van der Waals surface area contributed by atoms with E-state index >= 15 is 0 Å². The number of hydrogen-bond acceptors (Lipinski definition) is 2. The second kappa shape index (κ2) is 4.98. The van der Waals surface area contributed by atoms with Gasteiger partial charge >= 0.3 is 16.5 Å². The van der Waals surface area contributed by atoms with E-state index in [4.69, 9.17) is 0 Å². The third kappa shape index (κ3) is 9.27. The molecule has 0 amide bonds. The summed E-state index contributed by atoms with van der Waals surface area (Å²) in [5, 5.41) is 0. The Labute approximate surface area is 58.6 Å². The van der Waals surface area contributed by atoms with E-state index in [0.717, 1.165) is 0 Å². The first kappa shape index (κ1) is 10.7. The molecule has 0 saturated carbocycles. The molecule has 0 aromatic heterocycles. The van der Waals surface area contributed by atoms with E-state index in [1.165, 1.54) is 13.8 Å². The summed E-state index contributed by atoms with van der Waals surface area (Å²) in [6.07, 6.45) is 0.0833. The van der Waals surface area contributed by atoms with E-state index in [0.29, 0.717) is 0 Å². The van der Waals surface area contributed by atoms with E-state index in [2.05, 4.69) is 0 Å². The van der Waals surface area contributed by atoms with Crippen molar-refractivity contribution in [2.75, 3.05) is 0 Å². The predicted octanol–water partition coefficient (Wildman–Crippen LogP) is 0.552. The van der Waals surface area contributed by atoms with E-state index in [1.54, 1.807) is 0 Å². The number of rotatable bonds is 2. The Morgan fingerprint density at radius 1 is 1.12 bits per heavy atom. The molecule has 0 aliphatic carbocycles. The van der Waals surface area contributed by atoms with Gasteiger partial charge in [-0.1, -0.05) is 0 Å². The van der Waals surface area contributed by atoms with Crippen molar-refractivity contribution in [3.05, 3.63) is 0 Å². The summed E-state index contributed by atoms with van der Waals surface area (Å²) in [5.74, 6) is -0.125. The molecule has 48 valence electrons. The minimum Gasteiger partial charge on any atom is -0.300 e. The maximum absolute atomic E-state index is 10.0. The van der Waals surface area contributed by atoms with Crippen LogP contribution in [0.2, 0.25) is 0 Å². The monoisotopic (exact) mass is 158 g/mol. The van der Waals surface area contributed by atoms with Gasteiger partial charge in [0.15, 0.2) is 0 Å². The van der Waals surface area contributed by atoms with Crippen molar-refractivity contribution in [3.8, 4) is 0 Å². The van der Waals surface area contributed by atoms with Crippen LogP contribution in [0.25, 0.3) is 0 Å². The van der Waals surface area contributed by atoms with Crippen LogP contribution < -0.4 is 0 Å². The molecule has 0 atom stereocenters. The van der Waals surface area contributed by atoms with Crippen molar-refractivity contribution >= 4 is 11.6 Å². The van der Waals surface area contributed by atoms with Crippen LogP contribution in [-0.4, -0.2) is 11.6 Å². The SMILES string of the molecule is CC(=O)CC(C)=O.[Ni+2]. The molecule has 8 heavy (non-hydrogen) atoms. The van der Waals surface area contributed by atoms with Gasteiger partial charge in [-0.05, 0) is 13.8 Å². The van der Waals surface area contributed by atoms with Crippen LogP contribution in [0.4, 0.5) is 0 Å². The molecule has 3 heteroatoms. The molecule has 2 nitrogen and oxygen atoms in total. The second-order valence-electron chi connectivity index (χ2n) is 1.58. The Bertz CT molecular complexity index is 86.6. The van der Waals surface area contributed by atoms with Gasteiger partial charge < -0.3 is 0 Å². The fourth-order valence-corrected chi connectivity index (χ4v) is 0.351. The van der Waals surface area contributed by atoms with Crippen LogP contribution in [0, 0.1) is 0 Å². The van der Waals surface area contributed by atoms with Gasteiger partial charge in [0.25, 0.3) is 0 Å². The molecular weight excluding hydrogens is 151 g/mol. The fourth-order valence-electron chi connectivity index (χ4n) is 0.351. The molecule has 0 saturated heterocycles. The van der Waals surface area contributed by atoms with Crippen LogP contribution in [0.3, 0.4) is 0 Å². The number of carbonyl (C=O) groups excluding carboxylic acids is 2. The number of ketones is 2. The smallest absolute Gasteiger partial charge is 0.300 e. The standard InChI is InChI=1S/C5H8O2.Ni/c1-4(6)3-5(2)7;/h3H2,1-2H3;/q;+2. The van der Waals surface area contributed by atoms with Crippen molar-refractivity contribution in [2.24, 2.45) is 0 Å². The zero-order valence-electron chi connectivity index (χ0n) is 4.84. The molecule has 0 N–H and O–H groups in total. The van der Waals surface area contributed by atoms with Gasteiger partial charge in [-0.25, -0.2) is 0 Å². The van der Waals surface area contributed by atoms with Crippen molar-refractivity contribution < 1.29 is 26.1 Å². The zero-order chi connectivity index (χ0) is 5.86. The number of Topliss-reactive ketones (excluding diaryl/α,β-unsaturated/α-hetero) is 2. The number of carbonyl (C=O) groups is 2. The molecule has 0 aliphatic rings. The van der Waals surface area contributed by atoms with E-state index in [1.807, 2.05) is 0 Å². The van der Waals surface area contributed by atoms with Crippen LogP contribution in [0.5, 0.6) is 0 Å². The average Bonchev–Trinajstić information content (AvgIpc) is 1.27. The first-order valence-corrected chi connectivity index (χ1v) is 2.12. The van der Waals surface area contributed by atoms with Gasteiger partial charge in [-0.2, -0.15) is 0 Å². The molecular formula is C5H8NiO2+2. The molecule has 0 rings (SSSR count). The summed E-state index contributed by atoms with van der Waals surface area (Å²) < 4.78 is 0. The molecule has 0 fully saturated rings. The normalized spacial score (nSPS) is 7.25. The second-order valence-corrected chi connectivity index (χ2v) is 1.58. The predicted molar refractivity (Wildman–Crippen MR) is 26.0 cm³/mol. The summed E-state index contributed by atoms with van der Waals surface area (Å²) >= 11 is 0. The van der Waals surface area contributed by atoms with Gasteiger partial charge in [0.1, 0.15) is 11.6 Å². The van der Waals surface area contributed by atoms with Gasteiger partial charge in [-0.15, -0.1) is 0 Å². The maximum Gasteiger partial charge on any atom is 2.00 e. The van der Waals surface area contributed by atoms with Crippen molar-refractivity contribution in [3.63, 3.8) is 0 Å². The molecule has 0 heterocycles. The first-order valence-electron chi connectivity index (χ1n) is 2.12. The minimum atomic E-state index is -0.0625. The van der Waals surface area contributed by atoms with Crippen LogP contribution in [-0.2, 0) is 26.1 Å². The largest absolute Gasteiger partial charge is 2.00 e. The molecule has 0 aromatic rings. The topological polar surface area (TPSA) is 34.1 Å². The third-order valence-corrected chi connectivity index (χ3v) is 0.498. The Morgan fingerprint density at radius 2 is 1.38 bits per heavy atom. The molecule has 0 radical (unpaired) electrons. The fraction of sp³-hybridized carbons (Fsp3) is 0.600. The van der Waals surface area contributed by atoms with Crippen molar-refractivity contribution in [1.82, 2.24) is 0 Å². The molecule has 0 spiro atoms. The Hall–Kier alpha value is -0.166. The quantitative estimate of drug-likeness (QED) is 0.435. The first-order chi connectivity index (χ1) is 3.13. The van der Waals surface area contributed by atoms with Crippen LogP contribution >= 0.6 is 0 Å². The third-order valence-electron chi connectivity index (χ3n) is 0.498. The number of hydrogen-bond donors (Lipinski definition) is 0. The van der Waals surface area contributed by atoms with Crippen LogP contribution in [0.1, 0.15) is 20.3 Å². The van der Waals surface area contributed by atoms with Gasteiger partial charge in [0, 0.05) is 0 Å². The van der Waals surface area contributed by atoms with Gasteiger partial charge in [0.2, 0.25) is 0 Å². The summed E-state index contributed by atoms with van der Waals surface area (Å²) in [6.45, 7) is 2.81. The van der Waals surface area contributed by atoms with Crippen LogP contribution in [0.15, 0.2) is 0 Å². The summed E-state index contributed by atoms with van der Waals surface area (Å²) in [5.41, 5.74) is 0. The van der Waals surface area contributed by atoms with Crippen molar-refractivity contribution in [1.29, 1.82) is 0 Å². The zero-order valence-corrected chi connectivity index (χ0v) is 5.83. The summed E-state index contributed by atoms with van der Waals surface area (Å²) in [6, 6.07) is 0. The Morgan fingerprint density at radius 3 is 1.38 bits per heavy atom. The summed E-state index contributed by atoms with van der Waals surface area (Å²) in [7, 11) is 0. The van der Waals surface area contributed by atoms with E-state index < -0.39 is 0 Å².